The highest BCUT2D eigenvalue weighted by Crippen LogP contribution is 2.45. The van der Waals surface area contributed by atoms with E-state index in [1.165, 1.54) is 4.31 Å². The van der Waals surface area contributed by atoms with Gasteiger partial charge in [0.25, 0.3) is 0 Å². The molecule has 1 heterocycles. The normalized spacial score (nSPS) is 16.0. The Labute approximate surface area is 135 Å². The van der Waals surface area contributed by atoms with E-state index in [0.717, 1.165) is 16.4 Å². The fourth-order valence-electron chi connectivity index (χ4n) is 2.41. The maximum atomic E-state index is 14.1. The van der Waals surface area contributed by atoms with Gasteiger partial charge in [-0.25, -0.2) is 13.1 Å². The lowest BCUT2D eigenvalue weighted by Crippen LogP contribution is -2.36. The number of para-hydroxylation sites is 2. The second-order valence-corrected chi connectivity index (χ2v) is 7.11. The van der Waals surface area contributed by atoms with Crippen LogP contribution in [-0.2, 0) is 10.2 Å². The van der Waals surface area contributed by atoms with Crippen LogP contribution in [0.2, 0.25) is 0 Å². The maximum Gasteiger partial charge on any atom is 0.331 e. The molecule has 116 valence electrons. The van der Waals surface area contributed by atoms with Crippen LogP contribution in [0.1, 0.15) is 0 Å². The molecule has 4 nitrogen and oxygen atoms in total. The molecule has 0 amide bonds. The van der Waals surface area contributed by atoms with E-state index in [1.807, 2.05) is 0 Å². The fraction of sp³-hybridized carbons (Fsp3) is 0.143. The first-order valence-corrected chi connectivity index (χ1v) is 8.91. The van der Waals surface area contributed by atoms with Crippen molar-refractivity contribution in [2.24, 2.45) is 0 Å². The molecule has 1 aliphatic heterocycles. The van der Waals surface area contributed by atoms with Gasteiger partial charge in [0.05, 0.1) is 17.1 Å². The zero-order chi connectivity index (χ0) is 15.9. The highest BCUT2D eigenvalue weighted by Gasteiger charge is 2.41. The summed E-state index contributed by atoms with van der Waals surface area (Å²) in [6.45, 7) is 0.207. The van der Waals surface area contributed by atoms with E-state index in [0.29, 0.717) is 22.8 Å². The van der Waals surface area contributed by atoms with Gasteiger partial charge in [0.15, 0.2) is 5.82 Å². The summed E-state index contributed by atoms with van der Waals surface area (Å²) in [5.41, 5.74) is 0.602. The SMILES string of the molecule is O=S1(=O)N(CCBr)c2ccccc2N1c1ccc(F)cc1F. The Morgan fingerprint density at radius 1 is 1.00 bits per heavy atom. The van der Waals surface area contributed by atoms with E-state index < -0.39 is 21.8 Å². The van der Waals surface area contributed by atoms with Crippen molar-refractivity contribution >= 4 is 43.2 Å². The third kappa shape index (κ3) is 2.26. The van der Waals surface area contributed by atoms with Crippen molar-refractivity contribution in [3.63, 3.8) is 0 Å². The van der Waals surface area contributed by atoms with Gasteiger partial charge in [0.2, 0.25) is 0 Å². The lowest BCUT2D eigenvalue weighted by atomic mass is 10.2. The minimum absolute atomic E-state index is 0.203. The second-order valence-electron chi connectivity index (χ2n) is 4.62. The summed E-state index contributed by atoms with van der Waals surface area (Å²) in [5, 5.41) is 0.431. The van der Waals surface area contributed by atoms with Crippen LogP contribution in [0.3, 0.4) is 0 Å². The van der Waals surface area contributed by atoms with Crippen LogP contribution in [0, 0.1) is 11.6 Å². The average Bonchev–Trinajstić information content (AvgIpc) is 2.68. The third-order valence-electron chi connectivity index (χ3n) is 3.29. The number of halogens is 3. The summed E-state index contributed by atoms with van der Waals surface area (Å²) in [6, 6.07) is 9.43. The van der Waals surface area contributed by atoms with Crippen LogP contribution >= 0.6 is 15.9 Å². The van der Waals surface area contributed by atoms with E-state index in [1.54, 1.807) is 24.3 Å². The van der Waals surface area contributed by atoms with E-state index in [2.05, 4.69) is 15.9 Å². The highest BCUT2D eigenvalue weighted by molar-refractivity contribution is 9.09. The molecule has 0 N–H and O–H groups in total. The number of alkyl halides is 1. The lowest BCUT2D eigenvalue weighted by Gasteiger charge is -2.21. The molecule has 0 radical (unpaired) electrons. The lowest BCUT2D eigenvalue weighted by molar-refractivity contribution is 0.578. The number of fused-ring (bicyclic) bond motifs is 1. The molecule has 0 saturated heterocycles. The topological polar surface area (TPSA) is 40.6 Å². The molecule has 8 heteroatoms. The smallest absolute Gasteiger partial charge is 0.250 e. The Hall–Kier alpha value is -1.67. The quantitative estimate of drug-likeness (QED) is 0.754. The number of hydrogen-bond donors (Lipinski definition) is 0. The molecular formula is C14H11BrF2N2O2S. The van der Waals surface area contributed by atoms with E-state index in [9.17, 15) is 17.2 Å². The number of anilines is 3. The van der Waals surface area contributed by atoms with Crippen molar-refractivity contribution in [3.8, 4) is 0 Å². The van der Waals surface area contributed by atoms with Gasteiger partial charge in [-0.2, -0.15) is 8.42 Å². The molecule has 0 atom stereocenters. The molecule has 22 heavy (non-hydrogen) atoms. The molecule has 0 aromatic heterocycles. The summed E-state index contributed by atoms with van der Waals surface area (Å²) >= 11 is 3.21. The summed E-state index contributed by atoms with van der Waals surface area (Å²) in [6.07, 6.45) is 0. The molecule has 2 aromatic rings. The largest absolute Gasteiger partial charge is 0.331 e. The Bertz CT molecular complexity index is 829. The Kier molecular flexibility index (Phi) is 3.82. The molecule has 0 saturated carbocycles. The summed E-state index contributed by atoms with van der Waals surface area (Å²) in [4.78, 5) is 0. The van der Waals surface area contributed by atoms with E-state index >= 15 is 0 Å². The van der Waals surface area contributed by atoms with Crippen molar-refractivity contribution in [3.05, 3.63) is 54.1 Å². The molecule has 0 fully saturated rings. The van der Waals surface area contributed by atoms with Crippen LogP contribution in [0.5, 0.6) is 0 Å². The summed E-state index contributed by atoms with van der Waals surface area (Å²) < 4.78 is 54.8. The molecule has 3 rings (SSSR count). The number of hydrogen-bond acceptors (Lipinski definition) is 2. The van der Waals surface area contributed by atoms with Crippen LogP contribution in [0.4, 0.5) is 25.8 Å². The molecule has 0 bridgehead atoms. The molecule has 0 spiro atoms. The monoisotopic (exact) mass is 388 g/mol. The molecule has 2 aromatic carbocycles. The summed E-state index contributed by atoms with van der Waals surface area (Å²) in [7, 11) is -3.96. The molecule has 1 aliphatic rings. The first-order valence-electron chi connectivity index (χ1n) is 6.40. The Morgan fingerprint density at radius 2 is 1.68 bits per heavy atom. The van der Waals surface area contributed by atoms with Gasteiger partial charge < -0.3 is 0 Å². The predicted octanol–water partition coefficient (Wildman–Crippen LogP) is 3.56. The van der Waals surface area contributed by atoms with Crippen molar-refractivity contribution in [1.29, 1.82) is 0 Å². The van der Waals surface area contributed by atoms with Gasteiger partial charge >= 0.3 is 10.2 Å². The maximum absolute atomic E-state index is 14.1. The van der Waals surface area contributed by atoms with Crippen molar-refractivity contribution in [2.45, 2.75) is 0 Å². The number of nitrogens with zero attached hydrogens (tertiary/aromatic N) is 2. The van der Waals surface area contributed by atoms with Gasteiger partial charge in [-0.3, -0.25) is 4.31 Å². The van der Waals surface area contributed by atoms with E-state index in [-0.39, 0.29) is 12.2 Å². The predicted molar refractivity (Wildman–Crippen MR) is 85.0 cm³/mol. The molecular weight excluding hydrogens is 378 g/mol. The van der Waals surface area contributed by atoms with Crippen LogP contribution in [0.15, 0.2) is 42.5 Å². The van der Waals surface area contributed by atoms with Crippen molar-refractivity contribution in [1.82, 2.24) is 0 Å². The van der Waals surface area contributed by atoms with Gasteiger partial charge in [-0.1, -0.05) is 28.1 Å². The standard InChI is InChI=1S/C14H11BrF2N2O2S/c15-7-8-18-13-3-1-2-4-14(13)19(22(18,20)21)12-6-5-10(16)9-11(12)17/h1-6,9H,7-8H2. The Morgan fingerprint density at radius 3 is 2.32 bits per heavy atom. The average molecular weight is 389 g/mol. The van der Waals surface area contributed by atoms with Crippen LogP contribution in [-0.4, -0.2) is 20.3 Å². The number of rotatable bonds is 3. The fourth-order valence-corrected chi connectivity index (χ4v) is 4.72. The first-order chi connectivity index (χ1) is 10.5. The van der Waals surface area contributed by atoms with Crippen LogP contribution in [0.25, 0.3) is 0 Å². The zero-order valence-corrected chi connectivity index (χ0v) is 13.6. The zero-order valence-electron chi connectivity index (χ0n) is 11.2. The summed E-state index contributed by atoms with van der Waals surface area (Å²) in [5.74, 6) is -1.69. The van der Waals surface area contributed by atoms with Gasteiger partial charge in [-0.05, 0) is 24.3 Å². The minimum Gasteiger partial charge on any atom is -0.250 e. The van der Waals surface area contributed by atoms with Crippen molar-refractivity contribution in [2.75, 3.05) is 20.5 Å². The molecule has 0 unspecified atom stereocenters. The first kappa shape index (κ1) is 15.2. The van der Waals surface area contributed by atoms with E-state index in [4.69, 9.17) is 0 Å². The van der Waals surface area contributed by atoms with Gasteiger partial charge in [0.1, 0.15) is 5.82 Å². The van der Waals surface area contributed by atoms with Crippen LogP contribution < -0.4 is 8.61 Å². The van der Waals surface area contributed by atoms with Gasteiger partial charge in [-0.15, -0.1) is 0 Å². The molecule has 0 aliphatic carbocycles. The second kappa shape index (κ2) is 5.51. The Balaban J connectivity index is 2.23. The van der Waals surface area contributed by atoms with Gasteiger partial charge in [0, 0.05) is 17.9 Å². The van der Waals surface area contributed by atoms with Crippen molar-refractivity contribution < 1.29 is 17.2 Å². The third-order valence-corrected chi connectivity index (χ3v) is 5.44. The minimum atomic E-state index is -3.96. The highest BCUT2D eigenvalue weighted by atomic mass is 79.9. The number of benzene rings is 2.